The van der Waals surface area contributed by atoms with Crippen LogP contribution in [0.4, 0.5) is 0 Å². The lowest BCUT2D eigenvalue weighted by atomic mass is 9.91. The number of hydrogen-bond acceptors (Lipinski definition) is 4. The zero-order chi connectivity index (χ0) is 14.6. The number of amidine groups is 1. The lowest BCUT2D eigenvalue weighted by molar-refractivity contribution is -0.0162. The number of oxime groups is 1. The molecule has 5 heteroatoms. The van der Waals surface area contributed by atoms with Gasteiger partial charge in [-0.25, -0.2) is 0 Å². The monoisotopic (exact) mass is 277 g/mol. The first-order valence-corrected chi connectivity index (χ1v) is 6.99. The van der Waals surface area contributed by atoms with Crippen molar-refractivity contribution in [2.24, 2.45) is 10.9 Å². The lowest BCUT2D eigenvalue weighted by Crippen LogP contribution is -2.44. The fraction of sp³-hybridized carbons (Fsp3) is 0.533. The summed E-state index contributed by atoms with van der Waals surface area (Å²) in [6.45, 7) is 3.50. The second kappa shape index (κ2) is 6.24. The van der Waals surface area contributed by atoms with Crippen molar-refractivity contribution in [2.45, 2.75) is 37.8 Å². The molecule has 1 aromatic carbocycles. The Morgan fingerprint density at radius 1 is 1.35 bits per heavy atom. The summed E-state index contributed by atoms with van der Waals surface area (Å²) in [7, 11) is 0. The molecule has 5 nitrogen and oxygen atoms in total. The van der Waals surface area contributed by atoms with Crippen LogP contribution in [-0.2, 0) is 0 Å². The molecule has 1 fully saturated rings. The third-order valence-electron chi connectivity index (χ3n) is 4.03. The molecule has 1 atom stereocenters. The van der Waals surface area contributed by atoms with E-state index >= 15 is 0 Å². The van der Waals surface area contributed by atoms with Crippen LogP contribution < -0.4 is 5.73 Å². The molecule has 110 valence electrons. The van der Waals surface area contributed by atoms with Crippen LogP contribution in [0.1, 0.15) is 37.8 Å². The predicted octanol–water partition coefficient (Wildman–Crippen LogP) is 1.71. The molecule has 0 amide bonds. The highest BCUT2D eigenvalue weighted by Crippen LogP contribution is 2.30. The lowest BCUT2D eigenvalue weighted by Gasteiger charge is -2.40. The Morgan fingerprint density at radius 2 is 1.95 bits per heavy atom. The summed E-state index contributed by atoms with van der Waals surface area (Å²) < 4.78 is 0. The second-order valence-electron chi connectivity index (χ2n) is 5.75. The summed E-state index contributed by atoms with van der Waals surface area (Å²) in [6.07, 6.45) is 1.97. The number of likely N-dealkylation sites (tertiary alicyclic amines) is 1. The van der Waals surface area contributed by atoms with Gasteiger partial charge in [0.2, 0.25) is 0 Å². The van der Waals surface area contributed by atoms with Gasteiger partial charge in [0, 0.05) is 25.6 Å². The number of hydrogen-bond donors (Lipinski definition) is 3. The van der Waals surface area contributed by atoms with Crippen LogP contribution in [0.3, 0.4) is 0 Å². The van der Waals surface area contributed by atoms with Gasteiger partial charge in [-0.1, -0.05) is 35.5 Å². The third-order valence-corrected chi connectivity index (χ3v) is 4.03. The molecule has 0 bridgehead atoms. The maximum atomic E-state index is 10.1. The van der Waals surface area contributed by atoms with Gasteiger partial charge in [-0.2, -0.15) is 0 Å². The van der Waals surface area contributed by atoms with Crippen LogP contribution in [0.25, 0.3) is 0 Å². The largest absolute Gasteiger partial charge is 0.409 e. The van der Waals surface area contributed by atoms with Crippen molar-refractivity contribution >= 4 is 5.84 Å². The van der Waals surface area contributed by atoms with Gasteiger partial charge in [0.05, 0.1) is 5.60 Å². The van der Waals surface area contributed by atoms with Gasteiger partial charge in [0.1, 0.15) is 5.84 Å². The molecule has 0 saturated carbocycles. The molecule has 0 radical (unpaired) electrons. The van der Waals surface area contributed by atoms with E-state index in [1.54, 1.807) is 0 Å². The highest BCUT2D eigenvalue weighted by Gasteiger charge is 2.31. The molecular weight excluding hydrogens is 254 g/mol. The van der Waals surface area contributed by atoms with Gasteiger partial charge in [0.25, 0.3) is 0 Å². The molecule has 0 aliphatic carbocycles. The standard InChI is InChI=1S/C15H23N3O2/c1-15(19)7-9-18(10-8-15)13(11-14(16)17-20)12-5-3-2-4-6-12/h2-6,13,19-20H,7-11H2,1H3,(H2,16,17). The van der Waals surface area contributed by atoms with E-state index < -0.39 is 5.60 Å². The average Bonchev–Trinajstić information content (AvgIpc) is 2.46. The summed E-state index contributed by atoms with van der Waals surface area (Å²) in [5.74, 6) is 0.233. The Bertz CT molecular complexity index is 449. The zero-order valence-electron chi connectivity index (χ0n) is 11.9. The maximum Gasteiger partial charge on any atom is 0.141 e. The molecule has 1 aliphatic rings. The van der Waals surface area contributed by atoms with Crippen molar-refractivity contribution in [3.63, 3.8) is 0 Å². The summed E-state index contributed by atoms with van der Waals surface area (Å²) in [4.78, 5) is 2.30. The second-order valence-corrected chi connectivity index (χ2v) is 5.75. The van der Waals surface area contributed by atoms with Crippen molar-refractivity contribution in [3.05, 3.63) is 35.9 Å². The first-order chi connectivity index (χ1) is 9.52. The molecule has 1 aromatic rings. The molecule has 4 N–H and O–H groups in total. The van der Waals surface area contributed by atoms with Gasteiger partial charge < -0.3 is 16.0 Å². The van der Waals surface area contributed by atoms with Crippen LogP contribution in [0.5, 0.6) is 0 Å². The number of nitrogens with two attached hydrogens (primary N) is 1. The van der Waals surface area contributed by atoms with Gasteiger partial charge >= 0.3 is 0 Å². The van der Waals surface area contributed by atoms with Crippen LogP contribution >= 0.6 is 0 Å². The van der Waals surface area contributed by atoms with Crippen LogP contribution in [0.2, 0.25) is 0 Å². The van der Waals surface area contributed by atoms with Crippen LogP contribution in [0.15, 0.2) is 35.5 Å². The number of rotatable bonds is 4. The summed E-state index contributed by atoms with van der Waals surface area (Å²) >= 11 is 0. The summed E-state index contributed by atoms with van der Waals surface area (Å²) in [5, 5.41) is 22.0. The fourth-order valence-corrected chi connectivity index (χ4v) is 2.69. The van der Waals surface area contributed by atoms with E-state index in [0.29, 0.717) is 6.42 Å². The highest BCUT2D eigenvalue weighted by molar-refractivity contribution is 5.80. The molecule has 1 heterocycles. The Hall–Kier alpha value is -1.59. The van der Waals surface area contributed by atoms with E-state index in [4.69, 9.17) is 10.9 Å². The van der Waals surface area contributed by atoms with E-state index in [2.05, 4.69) is 22.2 Å². The van der Waals surface area contributed by atoms with Crippen molar-refractivity contribution < 1.29 is 10.3 Å². The summed E-state index contributed by atoms with van der Waals surface area (Å²) in [5.41, 5.74) is 6.27. The van der Waals surface area contributed by atoms with E-state index in [0.717, 1.165) is 31.5 Å². The van der Waals surface area contributed by atoms with Crippen LogP contribution in [-0.4, -0.2) is 39.7 Å². The Labute approximate surface area is 119 Å². The minimum Gasteiger partial charge on any atom is -0.409 e. The van der Waals surface area contributed by atoms with E-state index in [1.165, 1.54) is 0 Å². The molecule has 1 saturated heterocycles. The number of aliphatic hydroxyl groups is 1. The number of piperidine rings is 1. The van der Waals surface area contributed by atoms with E-state index in [9.17, 15) is 5.11 Å². The molecule has 2 rings (SSSR count). The minimum atomic E-state index is -0.575. The van der Waals surface area contributed by atoms with Gasteiger partial charge in [0.15, 0.2) is 0 Å². The zero-order valence-corrected chi connectivity index (χ0v) is 11.9. The molecule has 20 heavy (non-hydrogen) atoms. The first-order valence-electron chi connectivity index (χ1n) is 6.99. The van der Waals surface area contributed by atoms with Crippen molar-refractivity contribution in [3.8, 4) is 0 Å². The van der Waals surface area contributed by atoms with E-state index in [1.807, 2.05) is 25.1 Å². The third kappa shape index (κ3) is 3.71. The molecular formula is C15H23N3O2. The Morgan fingerprint density at radius 3 is 2.50 bits per heavy atom. The smallest absolute Gasteiger partial charge is 0.141 e. The van der Waals surface area contributed by atoms with Crippen molar-refractivity contribution in [1.29, 1.82) is 0 Å². The average molecular weight is 277 g/mol. The Balaban J connectivity index is 2.15. The van der Waals surface area contributed by atoms with Crippen LogP contribution in [0, 0.1) is 0 Å². The molecule has 1 aliphatic heterocycles. The molecule has 0 aromatic heterocycles. The Kier molecular flexibility index (Phi) is 4.62. The number of benzene rings is 1. The van der Waals surface area contributed by atoms with E-state index in [-0.39, 0.29) is 11.9 Å². The predicted molar refractivity (Wildman–Crippen MR) is 78.6 cm³/mol. The summed E-state index contributed by atoms with van der Waals surface area (Å²) in [6, 6.07) is 10.2. The maximum absolute atomic E-state index is 10.1. The normalized spacial score (nSPS) is 21.6. The van der Waals surface area contributed by atoms with Gasteiger partial charge in [-0.15, -0.1) is 0 Å². The van der Waals surface area contributed by atoms with Gasteiger partial charge in [-0.3, -0.25) is 4.90 Å². The quantitative estimate of drug-likeness (QED) is 0.339. The van der Waals surface area contributed by atoms with Crippen molar-refractivity contribution in [2.75, 3.05) is 13.1 Å². The molecule has 0 spiro atoms. The van der Waals surface area contributed by atoms with Crippen molar-refractivity contribution in [1.82, 2.24) is 4.90 Å². The van der Waals surface area contributed by atoms with Gasteiger partial charge in [-0.05, 0) is 25.3 Å². The fourth-order valence-electron chi connectivity index (χ4n) is 2.69. The topological polar surface area (TPSA) is 82.1 Å². The number of nitrogens with zero attached hydrogens (tertiary/aromatic N) is 2. The highest BCUT2D eigenvalue weighted by atomic mass is 16.4. The minimum absolute atomic E-state index is 0.0863. The SMILES string of the molecule is CC1(O)CCN(C(C/C(N)=N/O)c2ccccc2)CC1. The molecule has 1 unspecified atom stereocenters. The first kappa shape index (κ1) is 14.8.